The van der Waals surface area contributed by atoms with Crippen LogP contribution in [0.4, 0.5) is 5.69 Å². The number of halogens is 2. The number of anilines is 1. The van der Waals surface area contributed by atoms with Crippen molar-refractivity contribution in [3.63, 3.8) is 0 Å². The molecule has 1 saturated heterocycles. The van der Waals surface area contributed by atoms with Gasteiger partial charge in [0, 0.05) is 16.2 Å². The summed E-state index contributed by atoms with van der Waals surface area (Å²) in [4.78, 5) is 0. The molecule has 0 aliphatic carbocycles. The molecule has 2 nitrogen and oxygen atoms in total. The van der Waals surface area contributed by atoms with E-state index in [9.17, 15) is 0 Å². The maximum atomic E-state index is 6.22. The van der Waals surface area contributed by atoms with Gasteiger partial charge in [-0.15, -0.1) is 0 Å². The zero-order chi connectivity index (χ0) is 12.5. The van der Waals surface area contributed by atoms with E-state index in [4.69, 9.17) is 16.3 Å². The summed E-state index contributed by atoms with van der Waals surface area (Å²) >= 11 is 8.49. The summed E-state index contributed by atoms with van der Waals surface area (Å²) in [5.41, 5.74) is 0.987. The monoisotopic (exact) mass is 365 g/mol. The Bertz CT molecular complexity index is 408. The van der Waals surface area contributed by atoms with Gasteiger partial charge in [0.2, 0.25) is 0 Å². The lowest BCUT2D eigenvalue weighted by molar-refractivity contribution is -0.0553. The van der Waals surface area contributed by atoms with Crippen molar-refractivity contribution in [3.05, 3.63) is 26.8 Å². The Morgan fingerprint density at radius 2 is 2.24 bits per heavy atom. The van der Waals surface area contributed by atoms with E-state index < -0.39 is 0 Å². The Balaban J connectivity index is 2.05. The Morgan fingerprint density at radius 1 is 1.47 bits per heavy atom. The van der Waals surface area contributed by atoms with Gasteiger partial charge in [-0.05, 0) is 67.5 Å². The summed E-state index contributed by atoms with van der Waals surface area (Å²) < 4.78 is 6.87. The maximum Gasteiger partial charge on any atom is 0.0648 e. The van der Waals surface area contributed by atoms with Gasteiger partial charge in [-0.2, -0.15) is 0 Å². The topological polar surface area (TPSA) is 21.3 Å². The van der Waals surface area contributed by atoms with Gasteiger partial charge in [0.1, 0.15) is 0 Å². The van der Waals surface area contributed by atoms with E-state index in [1.807, 2.05) is 12.1 Å². The van der Waals surface area contributed by atoms with Crippen molar-refractivity contribution in [2.24, 2.45) is 0 Å². The van der Waals surface area contributed by atoms with E-state index in [1.165, 1.54) is 0 Å². The van der Waals surface area contributed by atoms with Crippen molar-refractivity contribution in [3.8, 4) is 0 Å². The summed E-state index contributed by atoms with van der Waals surface area (Å²) in [7, 11) is 0. The molecule has 0 bridgehead atoms. The molecule has 1 aromatic rings. The van der Waals surface area contributed by atoms with Gasteiger partial charge in [0.25, 0.3) is 0 Å². The Kier molecular flexibility index (Phi) is 4.21. The van der Waals surface area contributed by atoms with E-state index in [1.54, 1.807) is 0 Å². The third-order valence-corrected chi connectivity index (χ3v) is 3.97. The lowest BCUT2D eigenvalue weighted by Crippen LogP contribution is -2.40. The van der Waals surface area contributed by atoms with Crippen LogP contribution in [-0.2, 0) is 4.74 Å². The first-order chi connectivity index (χ1) is 7.96. The summed E-state index contributed by atoms with van der Waals surface area (Å²) in [6, 6.07) is 6.54. The van der Waals surface area contributed by atoms with Crippen molar-refractivity contribution >= 4 is 39.9 Å². The number of nitrogens with one attached hydrogen (secondary N) is 1. The zero-order valence-corrected chi connectivity index (χ0v) is 13.0. The molecular weight excluding hydrogens is 349 g/mol. The molecule has 1 N–H and O–H groups in total. The molecule has 2 rings (SSSR count). The van der Waals surface area contributed by atoms with Crippen LogP contribution in [0.15, 0.2) is 18.2 Å². The lowest BCUT2D eigenvalue weighted by Gasteiger charge is -2.36. The van der Waals surface area contributed by atoms with Crippen LogP contribution in [0.25, 0.3) is 0 Å². The van der Waals surface area contributed by atoms with Crippen LogP contribution in [0.2, 0.25) is 5.02 Å². The Morgan fingerprint density at radius 3 is 2.88 bits per heavy atom. The molecule has 1 aromatic carbocycles. The minimum atomic E-state index is -0.0361. The van der Waals surface area contributed by atoms with Crippen molar-refractivity contribution in [2.75, 3.05) is 11.9 Å². The number of hydrogen-bond donors (Lipinski definition) is 1. The standard InChI is InChI=1S/C13H17ClINO/c1-13(2)8-10(5-6-17-13)16-12-4-3-9(15)7-11(12)14/h3-4,7,10,16H,5-6,8H2,1-2H3. The van der Waals surface area contributed by atoms with Crippen molar-refractivity contribution in [2.45, 2.75) is 38.3 Å². The summed E-state index contributed by atoms with van der Waals surface area (Å²) in [6.45, 7) is 5.08. The predicted molar refractivity (Wildman–Crippen MR) is 80.8 cm³/mol. The van der Waals surface area contributed by atoms with Gasteiger partial charge in [-0.25, -0.2) is 0 Å². The van der Waals surface area contributed by atoms with Crippen LogP contribution in [-0.4, -0.2) is 18.2 Å². The first kappa shape index (κ1) is 13.4. The van der Waals surface area contributed by atoms with Crippen LogP contribution in [0.1, 0.15) is 26.7 Å². The second-order valence-electron chi connectivity index (χ2n) is 5.07. The number of benzene rings is 1. The molecule has 1 aliphatic rings. The van der Waals surface area contributed by atoms with Gasteiger partial charge in [-0.1, -0.05) is 11.6 Å². The molecule has 4 heteroatoms. The van der Waals surface area contributed by atoms with Crippen LogP contribution in [0.5, 0.6) is 0 Å². The highest BCUT2D eigenvalue weighted by molar-refractivity contribution is 14.1. The second kappa shape index (κ2) is 5.33. The SMILES string of the molecule is CC1(C)CC(Nc2ccc(I)cc2Cl)CCO1. The summed E-state index contributed by atoms with van der Waals surface area (Å²) in [5.74, 6) is 0. The molecular formula is C13H17ClINO. The number of rotatable bonds is 2. The largest absolute Gasteiger partial charge is 0.381 e. The molecule has 0 aromatic heterocycles. The quantitative estimate of drug-likeness (QED) is 0.788. The molecule has 1 fully saturated rings. The van der Waals surface area contributed by atoms with E-state index >= 15 is 0 Å². The minimum Gasteiger partial charge on any atom is -0.381 e. The molecule has 1 heterocycles. The highest BCUT2D eigenvalue weighted by Gasteiger charge is 2.28. The van der Waals surface area contributed by atoms with Gasteiger partial charge >= 0.3 is 0 Å². The molecule has 1 aliphatic heterocycles. The first-order valence-electron chi connectivity index (χ1n) is 5.82. The van der Waals surface area contributed by atoms with Crippen LogP contribution in [0, 0.1) is 3.57 Å². The van der Waals surface area contributed by atoms with Gasteiger partial charge in [0.15, 0.2) is 0 Å². The van der Waals surface area contributed by atoms with Crippen molar-refractivity contribution in [1.82, 2.24) is 0 Å². The lowest BCUT2D eigenvalue weighted by atomic mass is 9.94. The van der Waals surface area contributed by atoms with Gasteiger partial charge in [0.05, 0.1) is 16.3 Å². The van der Waals surface area contributed by atoms with Crippen LogP contribution >= 0.6 is 34.2 Å². The molecule has 1 atom stereocenters. The fraction of sp³-hybridized carbons (Fsp3) is 0.538. The number of hydrogen-bond acceptors (Lipinski definition) is 2. The maximum absolute atomic E-state index is 6.22. The van der Waals surface area contributed by atoms with E-state index in [-0.39, 0.29) is 5.60 Å². The average Bonchev–Trinajstić information content (AvgIpc) is 2.21. The zero-order valence-electron chi connectivity index (χ0n) is 10.1. The third kappa shape index (κ3) is 3.73. The molecule has 0 radical (unpaired) electrons. The summed E-state index contributed by atoms with van der Waals surface area (Å²) in [6.07, 6.45) is 2.04. The molecule has 1 unspecified atom stereocenters. The second-order valence-corrected chi connectivity index (χ2v) is 6.72. The van der Waals surface area contributed by atoms with Crippen molar-refractivity contribution < 1.29 is 4.74 Å². The highest BCUT2D eigenvalue weighted by atomic mass is 127. The molecule has 0 amide bonds. The van der Waals surface area contributed by atoms with Crippen LogP contribution in [0.3, 0.4) is 0 Å². The highest BCUT2D eigenvalue weighted by Crippen LogP contribution is 2.29. The van der Waals surface area contributed by atoms with Crippen molar-refractivity contribution in [1.29, 1.82) is 0 Å². The fourth-order valence-electron chi connectivity index (χ4n) is 2.18. The average molecular weight is 366 g/mol. The van der Waals surface area contributed by atoms with Crippen LogP contribution < -0.4 is 5.32 Å². The minimum absolute atomic E-state index is 0.0361. The normalized spacial score (nSPS) is 23.4. The first-order valence-corrected chi connectivity index (χ1v) is 7.27. The molecule has 0 saturated carbocycles. The van der Waals surface area contributed by atoms with Gasteiger partial charge in [-0.3, -0.25) is 0 Å². The third-order valence-electron chi connectivity index (χ3n) is 2.99. The molecule has 0 spiro atoms. The Labute approximate surface area is 121 Å². The Hall–Kier alpha value is -0.000000000000000132. The van der Waals surface area contributed by atoms with E-state index in [0.29, 0.717) is 6.04 Å². The molecule has 94 valence electrons. The fourth-order valence-corrected chi connectivity index (χ4v) is 3.09. The smallest absolute Gasteiger partial charge is 0.0648 e. The number of ether oxygens (including phenoxy) is 1. The van der Waals surface area contributed by atoms with Gasteiger partial charge < -0.3 is 10.1 Å². The predicted octanol–water partition coefficient (Wildman–Crippen LogP) is 4.31. The van der Waals surface area contributed by atoms with E-state index in [0.717, 1.165) is 33.7 Å². The van der Waals surface area contributed by atoms with E-state index in [2.05, 4.69) is 47.8 Å². The summed E-state index contributed by atoms with van der Waals surface area (Å²) in [5, 5.41) is 4.31. The molecule has 17 heavy (non-hydrogen) atoms.